The van der Waals surface area contributed by atoms with Gasteiger partial charge in [-0.15, -0.1) is 11.3 Å². The largest absolute Gasteiger partial charge is 0.464 e. The minimum absolute atomic E-state index is 0.0512. The Labute approximate surface area is 111 Å². The number of nitrogens with zero attached hydrogens (tertiary/aromatic N) is 2. The number of hydrogen-bond donors (Lipinski definition) is 0. The normalized spacial score (nSPS) is 11.8. The fourth-order valence-corrected chi connectivity index (χ4v) is 4.28. The van der Waals surface area contributed by atoms with Gasteiger partial charge in [-0.25, -0.2) is 18.2 Å². The number of methoxy groups -OCH3 is 1. The topological polar surface area (TPSA) is 76.6 Å². The van der Waals surface area contributed by atoms with E-state index >= 15 is 0 Å². The summed E-state index contributed by atoms with van der Waals surface area (Å²) in [7, 11) is -2.47. The molecule has 1 rings (SSSR count). The van der Waals surface area contributed by atoms with E-state index in [0.29, 0.717) is 19.5 Å². The third kappa shape index (κ3) is 2.88. The van der Waals surface area contributed by atoms with Crippen molar-refractivity contribution in [1.29, 1.82) is 0 Å². The van der Waals surface area contributed by atoms with Crippen molar-refractivity contribution < 1.29 is 17.9 Å². The quantitative estimate of drug-likeness (QED) is 0.740. The predicted molar refractivity (Wildman–Crippen MR) is 68.2 cm³/mol. The molecule has 0 amide bonds. The van der Waals surface area contributed by atoms with Gasteiger partial charge in [0.05, 0.1) is 12.6 Å². The Morgan fingerprint density at radius 2 is 2.17 bits per heavy atom. The number of ether oxygens (including phenoxy) is 1. The van der Waals surface area contributed by atoms with Crippen LogP contribution in [-0.2, 0) is 14.8 Å². The van der Waals surface area contributed by atoms with Crippen LogP contribution in [0.1, 0.15) is 30.8 Å². The maximum atomic E-state index is 12.3. The summed E-state index contributed by atoms with van der Waals surface area (Å²) in [5, 5.41) is 0. The second kappa shape index (κ2) is 6.26. The molecule has 0 atom stereocenters. The van der Waals surface area contributed by atoms with Crippen molar-refractivity contribution in [1.82, 2.24) is 9.29 Å². The molecule has 0 aromatic carbocycles. The molecule has 1 heterocycles. The fourth-order valence-electron chi connectivity index (χ4n) is 1.47. The Bertz CT molecular complexity index is 510. The lowest BCUT2D eigenvalue weighted by Crippen LogP contribution is -2.32. The fraction of sp³-hybridized carbons (Fsp3) is 0.600. The van der Waals surface area contributed by atoms with E-state index in [2.05, 4.69) is 9.72 Å². The average Bonchev–Trinajstić information content (AvgIpc) is 2.84. The lowest BCUT2D eigenvalue weighted by atomic mass is 10.5. The third-order valence-corrected chi connectivity index (χ3v) is 5.63. The second-order valence-electron chi connectivity index (χ2n) is 3.48. The van der Waals surface area contributed by atoms with E-state index in [0.717, 1.165) is 11.3 Å². The molecule has 0 spiro atoms. The van der Waals surface area contributed by atoms with Crippen LogP contribution in [0.5, 0.6) is 0 Å². The van der Waals surface area contributed by atoms with Gasteiger partial charge in [-0.1, -0.05) is 13.8 Å². The highest BCUT2D eigenvalue weighted by atomic mass is 32.2. The second-order valence-corrected chi connectivity index (χ2v) is 6.46. The molecule has 0 saturated carbocycles. The first-order chi connectivity index (χ1) is 8.48. The van der Waals surface area contributed by atoms with E-state index in [4.69, 9.17) is 0 Å². The van der Waals surface area contributed by atoms with Gasteiger partial charge in [-0.3, -0.25) is 0 Å². The lowest BCUT2D eigenvalue weighted by Gasteiger charge is -2.18. The van der Waals surface area contributed by atoms with Gasteiger partial charge >= 0.3 is 5.97 Å². The number of thiazole rings is 1. The molecule has 0 radical (unpaired) electrons. The average molecular weight is 292 g/mol. The smallest absolute Gasteiger partial charge is 0.358 e. The van der Waals surface area contributed by atoms with Gasteiger partial charge < -0.3 is 4.74 Å². The van der Waals surface area contributed by atoms with Gasteiger partial charge in [0, 0.05) is 13.1 Å². The van der Waals surface area contributed by atoms with Crippen LogP contribution in [0.4, 0.5) is 0 Å². The van der Waals surface area contributed by atoms with Crippen molar-refractivity contribution in [2.45, 2.75) is 24.5 Å². The maximum Gasteiger partial charge on any atom is 0.358 e. The predicted octanol–water partition coefficient (Wildman–Crippen LogP) is 1.35. The molecule has 6 nitrogen and oxygen atoms in total. The van der Waals surface area contributed by atoms with E-state index in [1.165, 1.54) is 16.9 Å². The van der Waals surface area contributed by atoms with Crippen LogP contribution >= 0.6 is 11.3 Å². The molecule has 0 unspecified atom stereocenters. The molecule has 18 heavy (non-hydrogen) atoms. The van der Waals surface area contributed by atoms with E-state index in [9.17, 15) is 13.2 Å². The summed E-state index contributed by atoms with van der Waals surface area (Å²) >= 11 is 0.928. The van der Waals surface area contributed by atoms with Crippen LogP contribution in [0, 0.1) is 0 Å². The molecule has 0 aliphatic heterocycles. The van der Waals surface area contributed by atoms with Crippen molar-refractivity contribution in [2.24, 2.45) is 0 Å². The van der Waals surface area contributed by atoms with Gasteiger partial charge in [0.25, 0.3) is 10.0 Å². The van der Waals surface area contributed by atoms with E-state index in [-0.39, 0.29) is 9.90 Å². The Balaban J connectivity index is 3.20. The molecular weight excluding hydrogens is 276 g/mol. The van der Waals surface area contributed by atoms with E-state index in [1.54, 1.807) is 6.92 Å². The minimum atomic E-state index is -3.67. The summed E-state index contributed by atoms with van der Waals surface area (Å²) in [6.07, 6.45) is 0.708. The summed E-state index contributed by atoms with van der Waals surface area (Å²) < 4.78 is 30.5. The summed E-state index contributed by atoms with van der Waals surface area (Å²) in [6, 6.07) is 0. The van der Waals surface area contributed by atoms with Crippen LogP contribution in [0.2, 0.25) is 0 Å². The summed E-state index contributed by atoms with van der Waals surface area (Å²) in [5.74, 6) is -0.734. The van der Waals surface area contributed by atoms with Crippen LogP contribution in [0.15, 0.2) is 9.72 Å². The number of hydrogen-bond acceptors (Lipinski definition) is 6. The van der Waals surface area contributed by atoms with Crippen molar-refractivity contribution in [3.05, 3.63) is 11.2 Å². The molecule has 8 heteroatoms. The van der Waals surface area contributed by atoms with Crippen LogP contribution in [0.3, 0.4) is 0 Å². The van der Waals surface area contributed by atoms with Gasteiger partial charge in [-0.05, 0) is 6.42 Å². The molecule has 1 aromatic rings. The van der Waals surface area contributed by atoms with Crippen LogP contribution in [0.25, 0.3) is 0 Å². The highest BCUT2D eigenvalue weighted by Crippen LogP contribution is 2.24. The van der Waals surface area contributed by atoms with Crippen molar-refractivity contribution in [3.8, 4) is 0 Å². The highest BCUT2D eigenvalue weighted by Gasteiger charge is 2.30. The lowest BCUT2D eigenvalue weighted by molar-refractivity contribution is 0.0590. The molecule has 0 aliphatic rings. The number of rotatable bonds is 6. The Morgan fingerprint density at radius 3 is 2.67 bits per heavy atom. The zero-order valence-corrected chi connectivity index (χ0v) is 12.2. The third-order valence-electron chi connectivity index (χ3n) is 2.31. The number of esters is 1. The highest BCUT2D eigenvalue weighted by molar-refractivity contribution is 7.91. The van der Waals surface area contributed by atoms with Gasteiger partial charge in [0.2, 0.25) is 0 Å². The number of sulfonamides is 1. The monoisotopic (exact) mass is 292 g/mol. The molecule has 102 valence electrons. The zero-order chi connectivity index (χ0) is 13.8. The standard InChI is InChI=1S/C10H16N2O4S2/c1-4-6-12(5-2)18(14,15)10-8(9(13)16-3)11-7-17-10/h7H,4-6H2,1-3H3. The van der Waals surface area contributed by atoms with E-state index in [1.807, 2.05) is 6.92 Å². The molecule has 0 fully saturated rings. The first kappa shape index (κ1) is 15.1. The maximum absolute atomic E-state index is 12.3. The summed E-state index contributed by atoms with van der Waals surface area (Å²) in [4.78, 5) is 15.2. The van der Waals surface area contributed by atoms with Gasteiger partial charge in [-0.2, -0.15) is 4.31 Å². The first-order valence-corrected chi connectivity index (χ1v) is 7.82. The Morgan fingerprint density at radius 1 is 1.50 bits per heavy atom. The van der Waals surface area contributed by atoms with Crippen molar-refractivity contribution in [2.75, 3.05) is 20.2 Å². The van der Waals surface area contributed by atoms with Crippen LogP contribution in [-0.4, -0.2) is 43.9 Å². The SMILES string of the molecule is CCCN(CC)S(=O)(=O)c1scnc1C(=O)OC. The van der Waals surface area contributed by atoms with Crippen LogP contribution < -0.4 is 0 Å². The number of carbonyl (C=O) groups excluding carboxylic acids is 1. The first-order valence-electron chi connectivity index (χ1n) is 5.50. The van der Waals surface area contributed by atoms with Crippen molar-refractivity contribution >= 4 is 27.3 Å². The summed E-state index contributed by atoms with van der Waals surface area (Å²) in [6.45, 7) is 4.42. The molecule has 0 N–H and O–H groups in total. The molecule has 0 bridgehead atoms. The molecular formula is C10H16N2O4S2. The Hall–Kier alpha value is -0.990. The minimum Gasteiger partial charge on any atom is -0.464 e. The molecule has 0 aliphatic carbocycles. The number of aromatic nitrogens is 1. The van der Waals surface area contributed by atoms with Gasteiger partial charge in [0.1, 0.15) is 0 Å². The van der Waals surface area contributed by atoms with E-state index < -0.39 is 16.0 Å². The number of carbonyl (C=O) groups is 1. The van der Waals surface area contributed by atoms with Gasteiger partial charge in [0.15, 0.2) is 9.90 Å². The molecule has 0 saturated heterocycles. The van der Waals surface area contributed by atoms with Crippen molar-refractivity contribution in [3.63, 3.8) is 0 Å². The molecule has 1 aromatic heterocycles. The zero-order valence-electron chi connectivity index (χ0n) is 10.5. The summed E-state index contributed by atoms with van der Waals surface area (Å²) in [5.41, 5.74) is 1.19. The Kier molecular flexibility index (Phi) is 5.24.